The Hall–Kier alpha value is -0.890. The van der Waals surface area contributed by atoms with Crippen LogP contribution >= 0.6 is 11.6 Å². The molecule has 1 atom stereocenters. The highest BCUT2D eigenvalue weighted by Gasteiger charge is 2.34. The predicted molar refractivity (Wildman–Crippen MR) is 65.7 cm³/mol. The van der Waals surface area contributed by atoms with Crippen molar-refractivity contribution in [3.05, 3.63) is 23.8 Å². The van der Waals surface area contributed by atoms with Gasteiger partial charge in [-0.05, 0) is 19.4 Å². The van der Waals surface area contributed by atoms with E-state index in [4.69, 9.17) is 21.1 Å². The van der Waals surface area contributed by atoms with Gasteiger partial charge in [-0.2, -0.15) is 0 Å². The van der Waals surface area contributed by atoms with Crippen molar-refractivity contribution in [2.24, 2.45) is 0 Å². The SMILES string of the molecule is CC[C@@]1(C)Cc2cccc(OCCCl)c2O1. The van der Waals surface area contributed by atoms with Crippen LogP contribution in [0.3, 0.4) is 0 Å². The molecule has 0 bridgehead atoms. The van der Waals surface area contributed by atoms with E-state index in [0.29, 0.717) is 12.5 Å². The monoisotopic (exact) mass is 240 g/mol. The van der Waals surface area contributed by atoms with E-state index in [0.717, 1.165) is 24.3 Å². The van der Waals surface area contributed by atoms with Crippen molar-refractivity contribution >= 4 is 11.6 Å². The highest BCUT2D eigenvalue weighted by atomic mass is 35.5. The molecule has 1 heterocycles. The molecule has 2 nitrogen and oxygen atoms in total. The van der Waals surface area contributed by atoms with Crippen LogP contribution in [0.1, 0.15) is 25.8 Å². The molecule has 0 aromatic heterocycles. The van der Waals surface area contributed by atoms with Crippen LogP contribution in [0.2, 0.25) is 0 Å². The number of fused-ring (bicyclic) bond motifs is 1. The number of alkyl halides is 1. The van der Waals surface area contributed by atoms with Crippen molar-refractivity contribution in [3.63, 3.8) is 0 Å². The topological polar surface area (TPSA) is 18.5 Å². The Kier molecular flexibility index (Phi) is 3.29. The van der Waals surface area contributed by atoms with Crippen molar-refractivity contribution in [3.8, 4) is 11.5 Å². The summed E-state index contributed by atoms with van der Waals surface area (Å²) in [5, 5.41) is 0. The van der Waals surface area contributed by atoms with Crippen molar-refractivity contribution in [1.82, 2.24) is 0 Å². The molecule has 1 aliphatic heterocycles. The number of benzene rings is 1. The molecule has 0 aliphatic carbocycles. The first-order valence-corrected chi connectivity index (χ1v) is 6.21. The van der Waals surface area contributed by atoms with Crippen LogP contribution < -0.4 is 9.47 Å². The molecule has 88 valence electrons. The first kappa shape index (κ1) is 11.6. The summed E-state index contributed by atoms with van der Waals surface area (Å²) in [4.78, 5) is 0. The molecule has 3 heteroatoms. The summed E-state index contributed by atoms with van der Waals surface area (Å²) in [6.45, 7) is 4.80. The molecule has 0 unspecified atom stereocenters. The van der Waals surface area contributed by atoms with Gasteiger partial charge < -0.3 is 9.47 Å². The molecule has 0 fully saturated rings. The van der Waals surface area contributed by atoms with Gasteiger partial charge in [-0.25, -0.2) is 0 Å². The third-order valence-electron chi connectivity index (χ3n) is 3.06. The molecule has 0 N–H and O–H groups in total. The zero-order chi connectivity index (χ0) is 11.6. The fourth-order valence-corrected chi connectivity index (χ4v) is 2.04. The van der Waals surface area contributed by atoms with Crippen LogP contribution in [0, 0.1) is 0 Å². The van der Waals surface area contributed by atoms with Gasteiger partial charge in [0.05, 0.1) is 5.88 Å². The number of ether oxygens (including phenoxy) is 2. The van der Waals surface area contributed by atoms with Gasteiger partial charge in [-0.3, -0.25) is 0 Å². The molecule has 0 saturated heterocycles. The van der Waals surface area contributed by atoms with Gasteiger partial charge in [0.1, 0.15) is 12.2 Å². The highest BCUT2D eigenvalue weighted by Crippen LogP contribution is 2.42. The Balaban J connectivity index is 2.24. The van der Waals surface area contributed by atoms with E-state index >= 15 is 0 Å². The molecule has 0 radical (unpaired) electrons. The molecular formula is C13H17ClO2. The van der Waals surface area contributed by atoms with E-state index in [2.05, 4.69) is 19.9 Å². The minimum absolute atomic E-state index is 0.0806. The lowest BCUT2D eigenvalue weighted by Crippen LogP contribution is -2.28. The van der Waals surface area contributed by atoms with E-state index in [1.165, 1.54) is 5.56 Å². The maximum absolute atomic E-state index is 6.00. The van der Waals surface area contributed by atoms with E-state index < -0.39 is 0 Å². The van der Waals surface area contributed by atoms with E-state index in [1.807, 2.05) is 12.1 Å². The lowest BCUT2D eigenvalue weighted by atomic mass is 9.97. The van der Waals surface area contributed by atoms with Gasteiger partial charge in [0.15, 0.2) is 11.5 Å². The number of para-hydroxylation sites is 1. The third-order valence-corrected chi connectivity index (χ3v) is 3.21. The van der Waals surface area contributed by atoms with Gasteiger partial charge in [0.25, 0.3) is 0 Å². The highest BCUT2D eigenvalue weighted by molar-refractivity contribution is 6.18. The van der Waals surface area contributed by atoms with Gasteiger partial charge in [0, 0.05) is 12.0 Å². The van der Waals surface area contributed by atoms with Crippen LogP contribution in [0.25, 0.3) is 0 Å². The molecule has 1 aromatic carbocycles. The van der Waals surface area contributed by atoms with Crippen LogP contribution in [-0.4, -0.2) is 18.1 Å². The number of hydrogen-bond donors (Lipinski definition) is 0. The van der Waals surface area contributed by atoms with Crippen molar-refractivity contribution in [2.45, 2.75) is 32.3 Å². The zero-order valence-corrected chi connectivity index (χ0v) is 10.5. The van der Waals surface area contributed by atoms with Gasteiger partial charge in [0.2, 0.25) is 0 Å². The van der Waals surface area contributed by atoms with Gasteiger partial charge >= 0.3 is 0 Å². The predicted octanol–water partition coefficient (Wildman–Crippen LogP) is 3.41. The molecule has 0 amide bonds. The van der Waals surface area contributed by atoms with Crippen LogP contribution in [0.15, 0.2) is 18.2 Å². The first-order valence-electron chi connectivity index (χ1n) is 5.68. The number of hydrogen-bond acceptors (Lipinski definition) is 2. The zero-order valence-electron chi connectivity index (χ0n) is 9.75. The number of halogens is 1. The van der Waals surface area contributed by atoms with E-state index in [1.54, 1.807) is 0 Å². The smallest absolute Gasteiger partial charge is 0.165 e. The fourth-order valence-electron chi connectivity index (χ4n) is 1.96. The molecule has 16 heavy (non-hydrogen) atoms. The second kappa shape index (κ2) is 4.54. The summed E-state index contributed by atoms with van der Waals surface area (Å²) in [5.41, 5.74) is 1.15. The molecular weight excluding hydrogens is 224 g/mol. The summed E-state index contributed by atoms with van der Waals surface area (Å²) in [6, 6.07) is 6.05. The Morgan fingerprint density at radius 3 is 3.00 bits per heavy atom. The second-order valence-corrected chi connectivity index (χ2v) is 4.74. The van der Waals surface area contributed by atoms with Crippen LogP contribution in [-0.2, 0) is 6.42 Å². The van der Waals surface area contributed by atoms with Crippen LogP contribution in [0.4, 0.5) is 0 Å². The minimum atomic E-state index is -0.0806. The Bertz CT molecular complexity index is 378. The summed E-state index contributed by atoms with van der Waals surface area (Å²) < 4.78 is 11.6. The summed E-state index contributed by atoms with van der Waals surface area (Å²) in [7, 11) is 0. The van der Waals surface area contributed by atoms with Gasteiger partial charge in [-0.15, -0.1) is 11.6 Å². The maximum Gasteiger partial charge on any atom is 0.165 e. The molecule has 1 aliphatic rings. The average Bonchev–Trinajstić information content (AvgIpc) is 2.64. The van der Waals surface area contributed by atoms with E-state index in [9.17, 15) is 0 Å². The van der Waals surface area contributed by atoms with E-state index in [-0.39, 0.29) is 5.60 Å². The fraction of sp³-hybridized carbons (Fsp3) is 0.538. The molecule has 0 spiro atoms. The van der Waals surface area contributed by atoms with Crippen molar-refractivity contribution in [1.29, 1.82) is 0 Å². The standard InChI is InChI=1S/C13H17ClO2/c1-3-13(2)9-10-5-4-6-11(12(10)16-13)15-8-7-14/h4-6H,3,7-9H2,1-2H3/t13-/m0/s1. The Morgan fingerprint density at radius 2 is 2.31 bits per heavy atom. The minimum Gasteiger partial charge on any atom is -0.488 e. The molecule has 0 saturated carbocycles. The van der Waals surface area contributed by atoms with Crippen LogP contribution in [0.5, 0.6) is 11.5 Å². The van der Waals surface area contributed by atoms with Crippen molar-refractivity contribution in [2.75, 3.05) is 12.5 Å². The average molecular weight is 241 g/mol. The Labute approximate surface area is 102 Å². The Morgan fingerprint density at radius 1 is 1.50 bits per heavy atom. The second-order valence-electron chi connectivity index (χ2n) is 4.36. The quantitative estimate of drug-likeness (QED) is 0.751. The summed E-state index contributed by atoms with van der Waals surface area (Å²) >= 11 is 5.62. The number of rotatable bonds is 4. The lowest BCUT2D eigenvalue weighted by Gasteiger charge is -2.22. The largest absolute Gasteiger partial charge is 0.488 e. The lowest BCUT2D eigenvalue weighted by molar-refractivity contribution is 0.107. The normalized spacial score (nSPS) is 22.7. The summed E-state index contributed by atoms with van der Waals surface area (Å²) in [5.74, 6) is 2.21. The van der Waals surface area contributed by atoms with Crippen molar-refractivity contribution < 1.29 is 9.47 Å². The third kappa shape index (κ3) is 2.12. The molecule has 1 aromatic rings. The maximum atomic E-state index is 6.00. The first-order chi connectivity index (χ1) is 7.68. The van der Waals surface area contributed by atoms with Gasteiger partial charge in [-0.1, -0.05) is 19.1 Å². The molecule has 2 rings (SSSR count). The summed E-state index contributed by atoms with van der Waals surface area (Å²) in [6.07, 6.45) is 1.95.